The summed E-state index contributed by atoms with van der Waals surface area (Å²) in [6, 6.07) is 0. The van der Waals surface area contributed by atoms with Gasteiger partial charge in [0.25, 0.3) is 0 Å². The maximum atomic E-state index is 10.8. The number of likely N-dealkylation sites (N-methyl/N-ethyl adjacent to an activating group) is 1. The Morgan fingerprint density at radius 3 is 2.92 bits per heavy atom. The SMILES string of the molecule is CCOC(=O)OC1CCN(C)C1. The quantitative estimate of drug-likeness (QED) is 0.581. The van der Waals surface area contributed by atoms with Crippen LogP contribution in [0.4, 0.5) is 4.79 Å². The summed E-state index contributed by atoms with van der Waals surface area (Å²) in [6.45, 7) is 3.95. The van der Waals surface area contributed by atoms with Crippen molar-refractivity contribution in [1.82, 2.24) is 4.90 Å². The van der Waals surface area contributed by atoms with Crippen molar-refractivity contribution in [2.45, 2.75) is 19.4 Å². The zero-order valence-electron chi connectivity index (χ0n) is 7.58. The van der Waals surface area contributed by atoms with Gasteiger partial charge in [-0.3, -0.25) is 0 Å². The van der Waals surface area contributed by atoms with Gasteiger partial charge in [0.1, 0.15) is 6.10 Å². The molecule has 1 fully saturated rings. The Balaban J connectivity index is 2.18. The predicted octanol–water partition coefficient (Wildman–Crippen LogP) is 0.864. The number of carbonyl (C=O) groups is 1. The lowest BCUT2D eigenvalue weighted by molar-refractivity contribution is 0.0301. The van der Waals surface area contributed by atoms with Crippen molar-refractivity contribution < 1.29 is 14.3 Å². The normalized spacial score (nSPS) is 24.0. The highest BCUT2D eigenvalue weighted by Crippen LogP contribution is 2.10. The fourth-order valence-electron chi connectivity index (χ4n) is 1.28. The van der Waals surface area contributed by atoms with E-state index in [9.17, 15) is 4.79 Å². The first-order chi connectivity index (χ1) is 5.72. The first kappa shape index (κ1) is 9.32. The number of carbonyl (C=O) groups excluding carboxylic acids is 1. The Morgan fingerprint density at radius 2 is 2.42 bits per heavy atom. The van der Waals surface area contributed by atoms with Gasteiger partial charge >= 0.3 is 6.16 Å². The van der Waals surface area contributed by atoms with Crippen molar-refractivity contribution in [3.05, 3.63) is 0 Å². The number of rotatable bonds is 2. The summed E-state index contributed by atoms with van der Waals surface area (Å²) >= 11 is 0. The van der Waals surface area contributed by atoms with E-state index in [-0.39, 0.29) is 6.10 Å². The second kappa shape index (κ2) is 4.30. The van der Waals surface area contributed by atoms with E-state index < -0.39 is 6.16 Å². The highest BCUT2D eigenvalue weighted by Gasteiger charge is 2.23. The molecule has 1 unspecified atom stereocenters. The smallest absolute Gasteiger partial charge is 0.435 e. The van der Waals surface area contributed by atoms with Gasteiger partial charge in [-0.05, 0) is 20.4 Å². The minimum atomic E-state index is -0.544. The molecule has 70 valence electrons. The number of likely N-dealkylation sites (tertiary alicyclic amines) is 1. The molecule has 0 aromatic heterocycles. The average molecular weight is 173 g/mol. The first-order valence-electron chi connectivity index (χ1n) is 4.24. The van der Waals surface area contributed by atoms with Gasteiger partial charge in [0, 0.05) is 13.1 Å². The topological polar surface area (TPSA) is 38.8 Å². The van der Waals surface area contributed by atoms with Crippen LogP contribution in [0.1, 0.15) is 13.3 Å². The van der Waals surface area contributed by atoms with Crippen LogP contribution in [0.5, 0.6) is 0 Å². The van der Waals surface area contributed by atoms with Gasteiger partial charge in [0.2, 0.25) is 0 Å². The van der Waals surface area contributed by atoms with Gasteiger partial charge in [-0.2, -0.15) is 0 Å². The largest absolute Gasteiger partial charge is 0.508 e. The van der Waals surface area contributed by atoms with E-state index in [1.54, 1.807) is 6.92 Å². The van der Waals surface area contributed by atoms with Crippen molar-refractivity contribution in [3.63, 3.8) is 0 Å². The number of hydrogen-bond acceptors (Lipinski definition) is 4. The standard InChI is InChI=1S/C8H15NO3/c1-3-11-8(10)12-7-4-5-9(2)6-7/h7H,3-6H2,1-2H3. The Hall–Kier alpha value is -0.770. The molecule has 0 amide bonds. The van der Waals surface area contributed by atoms with Crippen LogP contribution in [0, 0.1) is 0 Å². The molecule has 0 N–H and O–H groups in total. The van der Waals surface area contributed by atoms with E-state index in [4.69, 9.17) is 4.74 Å². The lowest BCUT2D eigenvalue weighted by atomic mass is 10.3. The molecule has 1 atom stereocenters. The van der Waals surface area contributed by atoms with Crippen molar-refractivity contribution in [2.24, 2.45) is 0 Å². The molecule has 4 heteroatoms. The second-order valence-corrected chi connectivity index (χ2v) is 2.97. The van der Waals surface area contributed by atoms with Crippen molar-refractivity contribution in [1.29, 1.82) is 0 Å². The second-order valence-electron chi connectivity index (χ2n) is 2.97. The van der Waals surface area contributed by atoms with Crippen LogP contribution in [0.2, 0.25) is 0 Å². The molecule has 12 heavy (non-hydrogen) atoms. The number of nitrogens with zero attached hydrogens (tertiary/aromatic N) is 1. The minimum Gasteiger partial charge on any atom is -0.435 e. The van der Waals surface area contributed by atoms with Crippen LogP contribution in [0.3, 0.4) is 0 Å². The van der Waals surface area contributed by atoms with Gasteiger partial charge in [0.15, 0.2) is 0 Å². The fourth-order valence-corrected chi connectivity index (χ4v) is 1.28. The first-order valence-corrected chi connectivity index (χ1v) is 4.24. The summed E-state index contributed by atoms with van der Waals surface area (Å²) in [7, 11) is 2.01. The minimum absolute atomic E-state index is 0.0223. The van der Waals surface area contributed by atoms with Crippen molar-refractivity contribution >= 4 is 6.16 Å². The van der Waals surface area contributed by atoms with Gasteiger partial charge in [-0.1, -0.05) is 0 Å². The van der Waals surface area contributed by atoms with Gasteiger partial charge in [-0.15, -0.1) is 0 Å². The fraction of sp³-hybridized carbons (Fsp3) is 0.875. The average Bonchev–Trinajstić information content (AvgIpc) is 2.36. The molecule has 0 aliphatic carbocycles. The zero-order valence-corrected chi connectivity index (χ0v) is 7.58. The molecular weight excluding hydrogens is 158 g/mol. The van der Waals surface area contributed by atoms with E-state index in [1.165, 1.54) is 0 Å². The number of hydrogen-bond donors (Lipinski definition) is 0. The molecule has 0 aromatic carbocycles. The molecule has 1 aliphatic rings. The van der Waals surface area contributed by atoms with Crippen molar-refractivity contribution in [3.8, 4) is 0 Å². The summed E-state index contributed by atoms with van der Waals surface area (Å²) < 4.78 is 9.68. The Kier molecular flexibility index (Phi) is 3.34. The van der Waals surface area contributed by atoms with Crippen LogP contribution >= 0.6 is 0 Å². The molecule has 1 saturated heterocycles. The van der Waals surface area contributed by atoms with Gasteiger partial charge in [-0.25, -0.2) is 4.79 Å². The summed E-state index contributed by atoms with van der Waals surface area (Å²) in [4.78, 5) is 13.0. The van der Waals surface area contributed by atoms with E-state index >= 15 is 0 Å². The lowest BCUT2D eigenvalue weighted by Gasteiger charge is -2.11. The Bertz CT molecular complexity index is 160. The monoisotopic (exact) mass is 173 g/mol. The van der Waals surface area contributed by atoms with Crippen LogP contribution < -0.4 is 0 Å². The molecule has 1 heterocycles. The highest BCUT2D eigenvalue weighted by atomic mass is 16.7. The highest BCUT2D eigenvalue weighted by molar-refractivity contribution is 5.60. The number of ether oxygens (including phenoxy) is 2. The maximum Gasteiger partial charge on any atom is 0.508 e. The van der Waals surface area contributed by atoms with Crippen molar-refractivity contribution in [2.75, 3.05) is 26.7 Å². The predicted molar refractivity (Wildman–Crippen MR) is 44.0 cm³/mol. The van der Waals surface area contributed by atoms with Crippen LogP contribution in [0.15, 0.2) is 0 Å². The summed E-state index contributed by atoms with van der Waals surface area (Å²) in [5.74, 6) is 0. The molecule has 0 radical (unpaired) electrons. The molecule has 0 bridgehead atoms. The summed E-state index contributed by atoms with van der Waals surface area (Å²) in [5, 5.41) is 0. The third kappa shape index (κ3) is 2.70. The molecule has 1 aliphatic heterocycles. The lowest BCUT2D eigenvalue weighted by Crippen LogP contribution is -2.22. The van der Waals surface area contributed by atoms with Crippen LogP contribution in [-0.2, 0) is 9.47 Å². The Labute approximate surface area is 72.4 Å². The third-order valence-corrected chi connectivity index (χ3v) is 1.87. The van der Waals surface area contributed by atoms with E-state index in [2.05, 4.69) is 9.64 Å². The third-order valence-electron chi connectivity index (χ3n) is 1.87. The zero-order chi connectivity index (χ0) is 8.97. The van der Waals surface area contributed by atoms with Crippen LogP contribution in [0.25, 0.3) is 0 Å². The Morgan fingerprint density at radius 1 is 1.67 bits per heavy atom. The van der Waals surface area contributed by atoms with Gasteiger partial charge < -0.3 is 14.4 Å². The van der Waals surface area contributed by atoms with E-state index in [0.717, 1.165) is 19.5 Å². The summed E-state index contributed by atoms with van der Waals surface area (Å²) in [6.07, 6.45) is 0.391. The molecule has 4 nitrogen and oxygen atoms in total. The van der Waals surface area contributed by atoms with E-state index in [0.29, 0.717) is 6.61 Å². The molecule has 0 aromatic rings. The summed E-state index contributed by atoms with van der Waals surface area (Å²) in [5.41, 5.74) is 0. The molecular formula is C8H15NO3. The maximum absolute atomic E-state index is 10.8. The van der Waals surface area contributed by atoms with Crippen LogP contribution in [-0.4, -0.2) is 43.9 Å². The van der Waals surface area contributed by atoms with Gasteiger partial charge in [0.05, 0.1) is 6.61 Å². The molecule has 0 saturated carbocycles. The molecule has 1 rings (SSSR count). The van der Waals surface area contributed by atoms with E-state index in [1.807, 2.05) is 7.05 Å². The molecule has 0 spiro atoms.